The van der Waals surface area contributed by atoms with Crippen LogP contribution in [-0.2, 0) is 52.2 Å². The molecule has 0 aromatic carbocycles. The number of aliphatic hydroxyl groups excluding tert-OH is 15. The number of rotatable bonds is 15. The first-order valence-electron chi connectivity index (χ1n) is 19.6. The Labute approximate surface area is 351 Å². The Morgan fingerprint density at radius 2 is 0.742 bits per heavy atom. The maximum absolute atomic E-state index is 12.5. The second-order valence-corrected chi connectivity index (χ2v) is 15.4. The molecule has 0 aromatic rings. The van der Waals surface area contributed by atoms with Crippen molar-refractivity contribution in [3.05, 3.63) is 0 Å². The van der Waals surface area contributed by atoms with Crippen molar-refractivity contribution < 1.29 is 129 Å². The van der Waals surface area contributed by atoms with E-state index in [4.69, 9.17) is 42.6 Å². The van der Waals surface area contributed by atoms with Gasteiger partial charge < -0.3 is 130 Å². The highest BCUT2D eigenvalue weighted by molar-refractivity contribution is 5.73. The SMILES string of the molecule is CC(=O)N[C@H]1[C@H](O[C@H]2[C@@H](O)[C@@H](CO)O[C@@H](O[C@@H]3[C@H](O)[C@@H](O)[C@H](O[C@H]4[C@@H](O)[C@@H](CO)OC(O)[C@@H]4NC(C)=O)O[C@@H]3CO)[C@@H]2O)O[C@H](CO)[C@H](O)[C@@H]1O[C@@H]1O[C@H](CO)[C@@H](O)[C@@H](O)[C@@H]1O. The van der Waals surface area contributed by atoms with Crippen molar-refractivity contribution in [2.45, 2.75) is 167 Å². The molecule has 28 nitrogen and oxygen atoms in total. The number of amides is 2. The lowest BCUT2D eigenvalue weighted by Gasteiger charge is -2.50. The highest BCUT2D eigenvalue weighted by Gasteiger charge is 2.57. The van der Waals surface area contributed by atoms with E-state index in [9.17, 15) is 86.2 Å². The van der Waals surface area contributed by atoms with Crippen molar-refractivity contribution in [2.24, 2.45) is 0 Å². The first-order chi connectivity index (χ1) is 29.3. The molecule has 5 aliphatic heterocycles. The molecule has 0 spiro atoms. The normalized spacial score (nSPS) is 49.0. The van der Waals surface area contributed by atoms with Crippen LogP contribution in [0.3, 0.4) is 0 Å². The Bertz CT molecular complexity index is 1440. The summed E-state index contributed by atoms with van der Waals surface area (Å²) in [7, 11) is 0. The van der Waals surface area contributed by atoms with Crippen LogP contribution >= 0.6 is 0 Å². The molecule has 28 heteroatoms. The molecule has 360 valence electrons. The molecule has 5 rings (SSSR count). The van der Waals surface area contributed by atoms with Gasteiger partial charge in [-0.15, -0.1) is 0 Å². The monoisotopic (exact) mass is 910 g/mol. The zero-order chi connectivity index (χ0) is 45.9. The van der Waals surface area contributed by atoms with Crippen molar-refractivity contribution in [3.63, 3.8) is 0 Å². The molecule has 5 aliphatic rings. The average Bonchev–Trinajstić information content (AvgIpc) is 3.23. The van der Waals surface area contributed by atoms with Crippen molar-refractivity contribution in [2.75, 3.05) is 33.0 Å². The van der Waals surface area contributed by atoms with Crippen molar-refractivity contribution in [3.8, 4) is 0 Å². The molecule has 25 atom stereocenters. The van der Waals surface area contributed by atoms with Gasteiger partial charge in [0.15, 0.2) is 31.5 Å². The van der Waals surface area contributed by atoms with Crippen LogP contribution < -0.4 is 10.6 Å². The van der Waals surface area contributed by atoms with Gasteiger partial charge >= 0.3 is 0 Å². The van der Waals surface area contributed by atoms with E-state index in [-0.39, 0.29) is 0 Å². The Kier molecular flexibility index (Phi) is 18.1. The minimum absolute atomic E-state index is 0.708. The summed E-state index contributed by atoms with van der Waals surface area (Å²) in [4.78, 5) is 24.3. The quantitative estimate of drug-likeness (QED) is 0.0725. The number of carbonyl (C=O) groups is 2. The largest absolute Gasteiger partial charge is 0.394 e. The van der Waals surface area contributed by atoms with Gasteiger partial charge in [0, 0.05) is 13.8 Å². The van der Waals surface area contributed by atoms with Gasteiger partial charge in [0.05, 0.1) is 33.0 Å². The topological polar surface area (TPSA) is 445 Å². The predicted molar refractivity (Wildman–Crippen MR) is 190 cm³/mol. The average molecular weight is 911 g/mol. The zero-order valence-corrected chi connectivity index (χ0v) is 33.2. The maximum atomic E-state index is 12.5. The summed E-state index contributed by atoms with van der Waals surface area (Å²) in [6.45, 7) is -2.51. The van der Waals surface area contributed by atoms with Crippen LogP contribution in [0.4, 0.5) is 0 Å². The number of ether oxygens (including phenoxy) is 9. The summed E-state index contributed by atoms with van der Waals surface area (Å²) in [5, 5.41) is 163. The molecule has 5 saturated heterocycles. The molecule has 0 bridgehead atoms. The van der Waals surface area contributed by atoms with Crippen LogP contribution in [0.1, 0.15) is 13.8 Å². The molecule has 5 fully saturated rings. The number of hydrogen-bond donors (Lipinski definition) is 17. The van der Waals surface area contributed by atoms with Crippen LogP contribution in [0, 0.1) is 0 Å². The van der Waals surface area contributed by atoms with Gasteiger partial charge in [0.25, 0.3) is 0 Å². The predicted octanol–water partition coefficient (Wildman–Crippen LogP) is -11.6. The molecule has 62 heavy (non-hydrogen) atoms. The zero-order valence-electron chi connectivity index (χ0n) is 33.2. The van der Waals surface area contributed by atoms with Crippen LogP contribution in [0.25, 0.3) is 0 Å². The minimum atomic E-state index is -2.16. The molecule has 0 saturated carbocycles. The van der Waals surface area contributed by atoms with Gasteiger partial charge in [-0.2, -0.15) is 0 Å². The fourth-order valence-electron chi connectivity index (χ4n) is 7.83. The van der Waals surface area contributed by atoms with E-state index in [1.54, 1.807) is 0 Å². The van der Waals surface area contributed by atoms with Gasteiger partial charge in [0.2, 0.25) is 11.8 Å². The van der Waals surface area contributed by atoms with Crippen molar-refractivity contribution in [1.29, 1.82) is 0 Å². The lowest BCUT2D eigenvalue weighted by molar-refractivity contribution is -0.385. The molecular formula is C34H58N2O26. The molecule has 0 aromatic heterocycles. The minimum Gasteiger partial charge on any atom is -0.394 e. The second kappa shape index (κ2) is 22.0. The summed E-state index contributed by atoms with van der Waals surface area (Å²) in [5.41, 5.74) is 0. The smallest absolute Gasteiger partial charge is 0.217 e. The number of hydrogen-bond acceptors (Lipinski definition) is 26. The first kappa shape index (κ1) is 51.0. The highest BCUT2D eigenvalue weighted by Crippen LogP contribution is 2.36. The third-order valence-electron chi connectivity index (χ3n) is 11.1. The fraction of sp³-hybridized carbons (Fsp3) is 0.941. The molecule has 17 N–H and O–H groups in total. The lowest BCUT2D eigenvalue weighted by atomic mass is 9.94. The van der Waals surface area contributed by atoms with Crippen LogP contribution in [0.5, 0.6) is 0 Å². The van der Waals surface area contributed by atoms with E-state index < -0.39 is 198 Å². The molecule has 5 heterocycles. The van der Waals surface area contributed by atoms with Gasteiger partial charge in [-0.25, -0.2) is 0 Å². The van der Waals surface area contributed by atoms with Crippen molar-refractivity contribution in [1.82, 2.24) is 10.6 Å². The summed E-state index contributed by atoms with van der Waals surface area (Å²) in [6, 6.07) is -3.19. The summed E-state index contributed by atoms with van der Waals surface area (Å²) >= 11 is 0. The van der Waals surface area contributed by atoms with Gasteiger partial charge in [-0.05, 0) is 0 Å². The summed E-state index contributed by atoms with van der Waals surface area (Å²) in [5.74, 6) is -1.52. The van der Waals surface area contributed by atoms with Crippen LogP contribution in [0.2, 0.25) is 0 Å². The third kappa shape index (κ3) is 10.8. The maximum Gasteiger partial charge on any atom is 0.217 e. The van der Waals surface area contributed by atoms with Crippen LogP contribution in [0.15, 0.2) is 0 Å². The first-order valence-corrected chi connectivity index (χ1v) is 19.6. The standard InChI is InChI=1S/C34H58N2O26/c1-8(42)35-15-27(18(45)11(4-38)54-30(15)53)60-33-24(51)22(49)26(14(7-41)58-33)59-34-25(52)29(20(47)13(6-40)57-34)62-31-16(36-9(2)43)28(19(46)12(5-39)55-31)61-32-23(50)21(48)17(44)10(3-37)56-32/h10-34,37-41,44-53H,3-7H2,1-2H3,(H,35,42)(H,36,43)/t10-,11-,12-,13-,14-,15-,16-,17-,18+,19+,20+,21-,22-,23+,24-,25-,26+,27-,28-,29+,30?,31+,32+,33+,34+/m1/s1. The summed E-state index contributed by atoms with van der Waals surface area (Å²) < 4.78 is 50.6. The third-order valence-corrected chi connectivity index (χ3v) is 11.1. The van der Waals surface area contributed by atoms with E-state index in [0.717, 1.165) is 13.8 Å². The fourth-order valence-corrected chi connectivity index (χ4v) is 7.83. The Morgan fingerprint density at radius 1 is 0.387 bits per heavy atom. The lowest BCUT2D eigenvalue weighted by Crippen LogP contribution is -2.70. The molecule has 0 radical (unpaired) electrons. The van der Waals surface area contributed by atoms with Gasteiger partial charge in [-0.3, -0.25) is 9.59 Å². The molecule has 2 amide bonds. The Balaban J connectivity index is 1.36. The second-order valence-electron chi connectivity index (χ2n) is 15.4. The van der Waals surface area contributed by atoms with E-state index in [1.807, 2.05) is 0 Å². The van der Waals surface area contributed by atoms with Gasteiger partial charge in [-0.1, -0.05) is 0 Å². The Hall–Kier alpha value is -2.02. The Morgan fingerprint density at radius 3 is 1.24 bits per heavy atom. The molecule has 0 aliphatic carbocycles. The van der Waals surface area contributed by atoms with Crippen molar-refractivity contribution >= 4 is 11.8 Å². The highest BCUT2D eigenvalue weighted by atomic mass is 16.8. The molecular weight excluding hydrogens is 852 g/mol. The van der Waals surface area contributed by atoms with E-state index in [2.05, 4.69) is 10.6 Å². The van der Waals surface area contributed by atoms with E-state index in [0.29, 0.717) is 0 Å². The molecule has 1 unspecified atom stereocenters. The number of nitrogens with one attached hydrogen (secondary N) is 2. The van der Waals surface area contributed by atoms with Crippen LogP contribution in [-0.4, -0.2) is 275 Å². The van der Waals surface area contributed by atoms with E-state index in [1.165, 1.54) is 0 Å². The number of aliphatic hydroxyl groups is 15. The van der Waals surface area contributed by atoms with E-state index >= 15 is 0 Å². The summed E-state index contributed by atoms with van der Waals surface area (Å²) in [6.07, 6.45) is -42.5. The number of carbonyl (C=O) groups excluding carboxylic acids is 2. The van der Waals surface area contributed by atoms with Gasteiger partial charge in [0.1, 0.15) is 122 Å².